The van der Waals surface area contributed by atoms with Crippen LogP contribution in [0.3, 0.4) is 0 Å². The number of rotatable bonds is 5. The molecule has 0 radical (unpaired) electrons. The van der Waals surface area contributed by atoms with Crippen LogP contribution in [0.25, 0.3) is 0 Å². The van der Waals surface area contributed by atoms with Gasteiger partial charge >= 0.3 is 0 Å². The average Bonchev–Trinajstić information content (AvgIpc) is 2.48. The molecule has 2 aromatic carbocycles. The fraction of sp³-hybridized carbons (Fsp3) is 0.188. The summed E-state index contributed by atoms with van der Waals surface area (Å²) in [5.41, 5.74) is 7.88. The first-order valence-corrected chi connectivity index (χ1v) is 7.03. The van der Waals surface area contributed by atoms with Crippen LogP contribution in [0.15, 0.2) is 42.5 Å². The third kappa shape index (κ3) is 4.39. The molecule has 0 unspecified atom stereocenters. The van der Waals surface area contributed by atoms with E-state index in [0.29, 0.717) is 22.1 Å². The first kappa shape index (κ1) is 15.2. The Morgan fingerprint density at radius 1 is 1.29 bits per heavy atom. The molecular formula is C16H17ClN2O2. The third-order valence-corrected chi connectivity index (χ3v) is 3.20. The molecule has 0 aliphatic rings. The summed E-state index contributed by atoms with van der Waals surface area (Å²) in [6, 6.07) is 12.6. The van der Waals surface area contributed by atoms with Crippen LogP contribution in [0.5, 0.6) is 5.75 Å². The molecule has 2 aromatic rings. The highest BCUT2D eigenvalue weighted by atomic mass is 35.5. The number of ether oxygens (including phenoxy) is 1. The van der Waals surface area contributed by atoms with Crippen molar-refractivity contribution in [2.24, 2.45) is 0 Å². The standard InChI is InChI=1S/C16H17ClN2O2/c1-2-11-4-3-5-13(8-11)21-10-16(20)19-15-7-6-12(17)9-14(15)18/h3-9H,2,10,18H2,1H3,(H,19,20). The van der Waals surface area contributed by atoms with Crippen LogP contribution in [0.4, 0.5) is 11.4 Å². The Morgan fingerprint density at radius 2 is 2.10 bits per heavy atom. The molecule has 21 heavy (non-hydrogen) atoms. The van der Waals surface area contributed by atoms with E-state index in [0.717, 1.165) is 12.0 Å². The average molecular weight is 305 g/mol. The van der Waals surface area contributed by atoms with E-state index in [1.807, 2.05) is 24.3 Å². The lowest BCUT2D eigenvalue weighted by atomic mass is 10.2. The molecule has 0 atom stereocenters. The zero-order chi connectivity index (χ0) is 15.2. The van der Waals surface area contributed by atoms with Crippen LogP contribution in [0, 0.1) is 0 Å². The summed E-state index contributed by atoms with van der Waals surface area (Å²) in [4.78, 5) is 11.9. The van der Waals surface area contributed by atoms with Gasteiger partial charge in [-0.2, -0.15) is 0 Å². The fourth-order valence-electron chi connectivity index (χ4n) is 1.84. The van der Waals surface area contributed by atoms with Crippen LogP contribution >= 0.6 is 11.6 Å². The minimum absolute atomic E-state index is 0.0742. The van der Waals surface area contributed by atoms with Gasteiger partial charge in [0.2, 0.25) is 0 Å². The Labute approximate surface area is 128 Å². The van der Waals surface area contributed by atoms with E-state index in [1.54, 1.807) is 18.2 Å². The van der Waals surface area contributed by atoms with Gasteiger partial charge in [-0.25, -0.2) is 0 Å². The molecule has 0 bridgehead atoms. The fourth-order valence-corrected chi connectivity index (χ4v) is 2.02. The van der Waals surface area contributed by atoms with Crippen LogP contribution in [0.2, 0.25) is 5.02 Å². The van der Waals surface area contributed by atoms with Gasteiger partial charge in [0.1, 0.15) is 5.75 Å². The van der Waals surface area contributed by atoms with Crippen molar-refractivity contribution in [2.45, 2.75) is 13.3 Å². The normalized spacial score (nSPS) is 10.2. The van der Waals surface area contributed by atoms with E-state index in [-0.39, 0.29) is 12.5 Å². The van der Waals surface area contributed by atoms with Crippen molar-refractivity contribution in [1.29, 1.82) is 0 Å². The molecule has 0 fully saturated rings. The molecule has 4 nitrogen and oxygen atoms in total. The molecule has 110 valence electrons. The van der Waals surface area contributed by atoms with Gasteiger partial charge < -0.3 is 15.8 Å². The maximum atomic E-state index is 11.9. The van der Waals surface area contributed by atoms with Gasteiger partial charge in [0.15, 0.2) is 6.61 Å². The second-order valence-electron chi connectivity index (χ2n) is 4.57. The number of carbonyl (C=O) groups is 1. The zero-order valence-electron chi connectivity index (χ0n) is 11.7. The lowest BCUT2D eigenvalue weighted by Crippen LogP contribution is -2.20. The van der Waals surface area contributed by atoms with Crippen molar-refractivity contribution in [3.05, 3.63) is 53.1 Å². The third-order valence-electron chi connectivity index (χ3n) is 2.96. The van der Waals surface area contributed by atoms with Gasteiger partial charge in [0.25, 0.3) is 5.91 Å². The minimum Gasteiger partial charge on any atom is -0.484 e. The van der Waals surface area contributed by atoms with E-state index in [4.69, 9.17) is 22.1 Å². The van der Waals surface area contributed by atoms with Gasteiger partial charge in [0.05, 0.1) is 11.4 Å². The molecular weight excluding hydrogens is 288 g/mol. The molecule has 0 saturated heterocycles. The van der Waals surface area contributed by atoms with Crippen LogP contribution < -0.4 is 15.8 Å². The smallest absolute Gasteiger partial charge is 0.262 e. The molecule has 0 aliphatic heterocycles. The van der Waals surface area contributed by atoms with E-state index in [2.05, 4.69) is 12.2 Å². The predicted octanol–water partition coefficient (Wildman–Crippen LogP) is 3.50. The topological polar surface area (TPSA) is 64.3 Å². The minimum atomic E-state index is -0.272. The second kappa shape index (κ2) is 6.99. The number of benzene rings is 2. The van der Waals surface area contributed by atoms with Crippen molar-refractivity contribution in [2.75, 3.05) is 17.7 Å². The van der Waals surface area contributed by atoms with Crippen molar-refractivity contribution in [3.8, 4) is 5.75 Å². The summed E-state index contributed by atoms with van der Waals surface area (Å²) in [5.74, 6) is 0.402. The SMILES string of the molecule is CCc1cccc(OCC(=O)Nc2ccc(Cl)cc2N)c1. The first-order valence-electron chi connectivity index (χ1n) is 6.65. The number of anilines is 2. The summed E-state index contributed by atoms with van der Waals surface area (Å²) < 4.78 is 5.47. The Morgan fingerprint density at radius 3 is 2.81 bits per heavy atom. The summed E-state index contributed by atoms with van der Waals surface area (Å²) in [7, 11) is 0. The van der Waals surface area contributed by atoms with Crippen molar-refractivity contribution >= 4 is 28.9 Å². The number of carbonyl (C=O) groups excluding carboxylic acids is 1. The highest BCUT2D eigenvalue weighted by Gasteiger charge is 2.07. The monoisotopic (exact) mass is 304 g/mol. The summed E-state index contributed by atoms with van der Waals surface area (Å²) in [5, 5.41) is 3.21. The highest BCUT2D eigenvalue weighted by molar-refractivity contribution is 6.31. The van der Waals surface area contributed by atoms with Gasteiger partial charge in [-0.05, 0) is 42.3 Å². The molecule has 5 heteroatoms. The highest BCUT2D eigenvalue weighted by Crippen LogP contribution is 2.22. The molecule has 0 spiro atoms. The lowest BCUT2D eigenvalue weighted by molar-refractivity contribution is -0.118. The zero-order valence-corrected chi connectivity index (χ0v) is 12.5. The second-order valence-corrected chi connectivity index (χ2v) is 5.01. The van der Waals surface area contributed by atoms with Gasteiger partial charge in [-0.3, -0.25) is 4.79 Å². The Bertz CT molecular complexity index is 644. The number of nitrogens with two attached hydrogens (primary N) is 1. The van der Waals surface area contributed by atoms with Crippen molar-refractivity contribution in [3.63, 3.8) is 0 Å². The quantitative estimate of drug-likeness (QED) is 0.831. The van der Waals surface area contributed by atoms with Crippen LogP contribution in [-0.4, -0.2) is 12.5 Å². The molecule has 0 saturated carbocycles. The molecule has 0 aromatic heterocycles. The van der Waals surface area contributed by atoms with Crippen molar-refractivity contribution < 1.29 is 9.53 Å². The predicted molar refractivity (Wildman–Crippen MR) is 85.8 cm³/mol. The van der Waals surface area contributed by atoms with E-state index < -0.39 is 0 Å². The van der Waals surface area contributed by atoms with Gasteiger partial charge in [-0.15, -0.1) is 0 Å². The Kier molecular flexibility index (Phi) is 5.06. The Balaban J connectivity index is 1.92. The number of hydrogen-bond acceptors (Lipinski definition) is 3. The van der Waals surface area contributed by atoms with E-state index in [1.165, 1.54) is 0 Å². The maximum Gasteiger partial charge on any atom is 0.262 e. The number of nitrogens with one attached hydrogen (secondary N) is 1. The summed E-state index contributed by atoms with van der Waals surface area (Å²) in [6.07, 6.45) is 0.921. The largest absolute Gasteiger partial charge is 0.484 e. The number of aryl methyl sites for hydroxylation is 1. The number of nitrogen functional groups attached to an aromatic ring is 1. The van der Waals surface area contributed by atoms with Gasteiger partial charge in [-0.1, -0.05) is 30.7 Å². The summed E-state index contributed by atoms with van der Waals surface area (Å²) >= 11 is 5.81. The first-order chi connectivity index (χ1) is 10.1. The van der Waals surface area contributed by atoms with Crippen LogP contribution in [0.1, 0.15) is 12.5 Å². The van der Waals surface area contributed by atoms with Gasteiger partial charge in [0, 0.05) is 5.02 Å². The molecule has 0 heterocycles. The van der Waals surface area contributed by atoms with Crippen LogP contribution in [-0.2, 0) is 11.2 Å². The molecule has 1 amide bonds. The number of amides is 1. The summed E-state index contributed by atoms with van der Waals surface area (Å²) in [6.45, 7) is 1.99. The Hall–Kier alpha value is -2.20. The lowest BCUT2D eigenvalue weighted by Gasteiger charge is -2.10. The number of halogens is 1. The molecule has 2 rings (SSSR count). The number of hydrogen-bond donors (Lipinski definition) is 2. The van der Waals surface area contributed by atoms with E-state index >= 15 is 0 Å². The van der Waals surface area contributed by atoms with E-state index in [9.17, 15) is 4.79 Å². The molecule has 3 N–H and O–H groups in total. The van der Waals surface area contributed by atoms with Crippen molar-refractivity contribution in [1.82, 2.24) is 0 Å². The molecule has 0 aliphatic carbocycles. The maximum absolute atomic E-state index is 11.9.